The summed E-state index contributed by atoms with van der Waals surface area (Å²) < 4.78 is 9.16. The first kappa shape index (κ1) is 11.8. The molecule has 0 radical (unpaired) electrons. The topological polar surface area (TPSA) is 52.6 Å². The molecule has 0 saturated heterocycles. The van der Waals surface area contributed by atoms with Crippen molar-refractivity contribution >= 4 is 11.8 Å². The van der Waals surface area contributed by atoms with E-state index in [9.17, 15) is 9.59 Å². The van der Waals surface area contributed by atoms with Crippen molar-refractivity contribution in [2.75, 3.05) is 13.2 Å². The number of hydrogen-bond acceptors (Lipinski definition) is 4. The maximum Gasteiger partial charge on any atom is 0.379 e. The number of esters is 1. The van der Waals surface area contributed by atoms with Gasteiger partial charge in [0.25, 0.3) is 5.78 Å². The van der Waals surface area contributed by atoms with Gasteiger partial charge in [0.05, 0.1) is 0 Å². The molecule has 1 aromatic carbocycles. The maximum atomic E-state index is 11.5. The zero-order valence-corrected chi connectivity index (χ0v) is 8.51. The summed E-state index contributed by atoms with van der Waals surface area (Å²) in [5.41, 5.74) is 0.297. The second kappa shape index (κ2) is 6.25. The first-order chi connectivity index (χ1) is 7.75. The molecule has 1 rings (SSSR count). The van der Waals surface area contributed by atoms with Gasteiger partial charge in [0.2, 0.25) is 0 Å². The lowest BCUT2D eigenvalue weighted by Gasteiger charge is -2.02. The molecule has 82 valence electrons. The standard InChI is InChI=1S/C12H10O4/c1-2-15-8-9-16-12(14)11(13)10-6-4-3-5-7-10/h1,3-7H,8-9H2. The van der Waals surface area contributed by atoms with Crippen molar-refractivity contribution in [2.45, 2.75) is 0 Å². The molecular weight excluding hydrogens is 208 g/mol. The molecule has 0 heterocycles. The average Bonchev–Trinajstić information content (AvgIpc) is 2.34. The quantitative estimate of drug-likeness (QED) is 0.243. The molecular formula is C12H10O4. The van der Waals surface area contributed by atoms with E-state index in [0.29, 0.717) is 5.56 Å². The van der Waals surface area contributed by atoms with Crippen LogP contribution in [0.2, 0.25) is 0 Å². The van der Waals surface area contributed by atoms with Gasteiger partial charge in [0, 0.05) is 5.56 Å². The highest BCUT2D eigenvalue weighted by Crippen LogP contribution is 2.01. The predicted octanol–water partition coefficient (Wildman–Crippen LogP) is 1.02. The second-order valence-corrected chi connectivity index (χ2v) is 2.80. The Kier molecular flexibility index (Phi) is 4.61. The zero-order chi connectivity index (χ0) is 11.8. The first-order valence-corrected chi connectivity index (χ1v) is 4.59. The molecule has 0 aromatic heterocycles. The van der Waals surface area contributed by atoms with Crippen LogP contribution in [0.1, 0.15) is 10.4 Å². The molecule has 1 aromatic rings. The fourth-order valence-electron chi connectivity index (χ4n) is 1.01. The Labute approximate surface area is 93.2 Å². The molecule has 0 aliphatic rings. The van der Waals surface area contributed by atoms with E-state index >= 15 is 0 Å². The third kappa shape index (κ3) is 3.46. The van der Waals surface area contributed by atoms with E-state index in [1.165, 1.54) is 0 Å². The normalized spacial score (nSPS) is 8.94. The van der Waals surface area contributed by atoms with E-state index in [1.807, 2.05) is 6.11 Å². The molecule has 4 nitrogen and oxygen atoms in total. The predicted molar refractivity (Wildman–Crippen MR) is 56.5 cm³/mol. The van der Waals surface area contributed by atoms with Crippen LogP contribution in [0.5, 0.6) is 0 Å². The van der Waals surface area contributed by atoms with E-state index in [-0.39, 0.29) is 13.2 Å². The van der Waals surface area contributed by atoms with Crippen molar-refractivity contribution in [1.82, 2.24) is 0 Å². The Bertz CT molecular complexity index is 403. The molecule has 0 bridgehead atoms. The molecule has 0 saturated carbocycles. The number of carbonyl (C=O) groups excluding carboxylic acids is 2. The van der Waals surface area contributed by atoms with Gasteiger partial charge < -0.3 is 9.47 Å². The van der Waals surface area contributed by atoms with Gasteiger partial charge in [-0.3, -0.25) is 4.79 Å². The van der Waals surface area contributed by atoms with Crippen LogP contribution in [0, 0.1) is 12.5 Å². The minimum Gasteiger partial charge on any atom is -0.456 e. The number of rotatable bonds is 5. The van der Waals surface area contributed by atoms with Crippen molar-refractivity contribution in [3.05, 3.63) is 35.9 Å². The van der Waals surface area contributed by atoms with Crippen LogP contribution in [0.3, 0.4) is 0 Å². The Morgan fingerprint density at radius 3 is 2.50 bits per heavy atom. The van der Waals surface area contributed by atoms with E-state index < -0.39 is 11.8 Å². The van der Waals surface area contributed by atoms with Crippen LogP contribution in [0.25, 0.3) is 0 Å². The number of terminal acetylenes is 1. The fourth-order valence-corrected chi connectivity index (χ4v) is 1.01. The molecule has 0 aliphatic heterocycles. The van der Waals surface area contributed by atoms with Crippen LogP contribution in [0.4, 0.5) is 0 Å². The van der Waals surface area contributed by atoms with E-state index in [2.05, 4.69) is 9.47 Å². The number of hydrogen-bond donors (Lipinski definition) is 0. The largest absolute Gasteiger partial charge is 0.456 e. The Balaban J connectivity index is 2.44. The van der Waals surface area contributed by atoms with E-state index in [0.717, 1.165) is 0 Å². The molecule has 0 spiro atoms. The minimum atomic E-state index is -0.910. The fraction of sp³-hybridized carbons (Fsp3) is 0.167. The number of ketones is 1. The number of Topliss-reactive ketones (excluding diaryl/α,β-unsaturated/α-hetero) is 1. The van der Waals surface area contributed by atoms with Gasteiger partial charge in [-0.2, -0.15) is 0 Å². The molecule has 16 heavy (non-hydrogen) atoms. The molecule has 0 amide bonds. The van der Waals surface area contributed by atoms with Crippen molar-refractivity contribution in [1.29, 1.82) is 0 Å². The SMILES string of the molecule is C#COCCOC(=O)C(=O)c1ccccc1. The van der Waals surface area contributed by atoms with Gasteiger partial charge >= 0.3 is 5.97 Å². The highest BCUT2D eigenvalue weighted by Gasteiger charge is 2.16. The minimum absolute atomic E-state index is 0.0401. The number of benzene rings is 1. The highest BCUT2D eigenvalue weighted by molar-refractivity contribution is 6.40. The van der Waals surface area contributed by atoms with Crippen LogP contribution >= 0.6 is 0 Å². The summed E-state index contributed by atoms with van der Waals surface area (Å²) in [5, 5.41) is 0. The monoisotopic (exact) mass is 218 g/mol. The van der Waals surface area contributed by atoms with Gasteiger partial charge in [-0.15, -0.1) is 0 Å². The number of ether oxygens (including phenoxy) is 2. The molecule has 0 unspecified atom stereocenters. The van der Waals surface area contributed by atoms with Crippen LogP contribution in [-0.2, 0) is 14.3 Å². The average molecular weight is 218 g/mol. The summed E-state index contributed by atoms with van der Waals surface area (Å²) in [6, 6.07) is 8.18. The second-order valence-electron chi connectivity index (χ2n) is 2.80. The lowest BCUT2D eigenvalue weighted by molar-refractivity contribution is -0.139. The summed E-state index contributed by atoms with van der Waals surface area (Å²) >= 11 is 0. The van der Waals surface area contributed by atoms with Crippen molar-refractivity contribution in [3.8, 4) is 12.5 Å². The van der Waals surface area contributed by atoms with Gasteiger partial charge in [0.1, 0.15) is 19.3 Å². The van der Waals surface area contributed by atoms with Crippen molar-refractivity contribution in [2.24, 2.45) is 0 Å². The number of carbonyl (C=O) groups is 2. The van der Waals surface area contributed by atoms with Gasteiger partial charge in [-0.25, -0.2) is 4.79 Å². The van der Waals surface area contributed by atoms with Crippen molar-refractivity contribution < 1.29 is 19.1 Å². The van der Waals surface area contributed by atoms with Gasteiger partial charge in [0.15, 0.2) is 0 Å². The maximum absolute atomic E-state index is 11.5. The summed E-state index contributed by atoms with van der Waals surface area (Å²) in [6.07, 6.45) is 6.74. The molecule has 0 N–H and O–H groups in total. The summed E-state index contributed by atoms with van der Waals surface area (Å²) in [6.45, 7) is 0.0336. The smallest absolute Gasteiger partial charge is 0.379 e. The molecule has 0 aliphatic carbocycles. The summed E-state index contributed by atoms with van der Waals surface area (Å²) in [5.74, 6) is -1.59. The van der Waals surface area contributed by atoms with Crippen LogP contribution in [-0.4, -0.2) is 25.0 Å². The molecule has 0 fully saturated rings. The van der Waals surface area contributed by atoms with Crippen molar-refractivity contribution in [3.63, 3.8) is 0 Å². The first-order valence-electron chi connectivity index (χ1n) is 4.59. The lowest BCUT2D eigenvalue weighted by Crippen LogP contribution is -2.19. The summed E-state index contributed by atoms with van der Waals surface area (Å²) in [7, 11) is 0. The van der Waals surface area contributed by atoms with Gasteiger partial charge in [-0.05, 0) is 0 Å². The van der Waals surface area contributed by atoms with Crippen LogP contribution < -0.4 is 0 Å². The molecule has 0 atom stereocenters. The Morgan fingerprint density at radius 2 is 1.88 bits per heavy atom. The van der Waals surface area contributed by atoms with Gasteiger partial charge in [-0.1, -0.05) is 36.8 Å². The third-order valence-corrected chi connectivity index (χ3v) is 1.72. The van der Waals surface area contributed by atoms with E-state index in [1.54, 1.807) is 30.3 Å². The van der Waals surface area contributed by atoms with Crippen LogP contribution in [0.15, 0.2) is 30.3 Å². The summed E-state index contributed by atoms with van der Waals surface area (Å²) in [4.78, 5) is 22.7. The Morgan fingerprint density at radius 1 is 1.19 bits per heavy atom. The van der Waals surface area contributed by atoms with E-state index in [4.69, 9.17) is 6.42 Å². The molecule has 4 heteroatoms. The highest BCUT2D eigenvalue weighted by atomic mass is 16.6. The Hall–Kier alpha value is -2.28. The third-order valence-electron chi connectivity index (χ3n) is 1.72. The zero-order valence-electron chi connectivity index (χ0n) is 8.51. The lowest BCUT2D eigenvalue weighted by atomic mass is 10.1.